The van der Waals surface area contributed by atoms with E-state index in [1.165, 1.54) is 82.1 Å². The van der Waals surface area contributed by atoms with Crippen molar-refractivity contribution in [2.45, 2.75) is 19.6 Å². The second kappa shape index (κ2) is 14.8. The van der Waals surface area contributed by atoms with E-state index in [1.807, 2.05) is 22.7 Å². The molecule has 0 bridgehead atoms. The van der Waals surface area contributed by atoms with Crippen LogP contribution in [0.1, 0.15) is 5.56 Å². The van der Waals surface area contributed by atoms with Gasteiger partial charge < -0.3 is 9.13 Å². The fraction of sp³-hybridized carbons (Fsp3) is 0. The molecule has 0 N–H and O–H groups in total. The fourth-order valence-electron chi connectivity index (χ4n) is 10.9. The highest BCUT2D eigenvalue weighted by atomic mass is 32.3. The molecule has 314 valence electrons. The highest BCUT2D eigenvalue weighted by Crippen LogP contribution is 2.75. The summed E-state index contributed by atoms with van der Waals surface area (Å²) in [5, 5.41) is 21.0. The van der Waals surface area contributed by atoms with Gasteiger partial charge in [-0.1, -0.05) is 121 Å². The number of hydrogen-bond acceptors (Lipinski definition) is 3. The van der Waals surface area contributed by atoms with Crippen LogP contribution >= 0.6 is 32.7 Å². The molecule has 14 rings (SSSR count). The Hall–Kier alpha value is -7.92. The SMILES string of the molecule is N#Cc1cc(-n2c3ccccc3c3c4c5ccccc5n(-c5ccc6sc7ccccc7c6c5)c4ccc32)cc(S(c2ccccc2)(c2ccccc2)c2cccc3c2sc2ccccc23)c1. The average Bonchev–Trinajstić information content (AvgIpc) is 4.15. The first kappa shape index (κ1) is 38.4. The Kier molecular flexibility index (Phi) is 8.47. The molecule has 0 radical (unpaired) electrons. The van der Waals surface area contributed by atoms with Crippen molar-refractivity contribution in [3.05, 3.63) is 230 Å². The van der Waals surface area contributed by atoms with Crippen LogP contribution in [0.25, 0.3) is 95.3 Å². The standard InChI is InChI=1S/C61H37N3S3/c62-38-39-34-41(36-44(35-39)67(42-16-3-1-4-17-42,43-18-5-2-6-19-43)58-29-15-24-47-45-20-9-14-28-56(45)66-61(47)58)64-52-26-12-8-23-49(52)60-54(64)32-31-53-59(60)48-22-7-11-25-51(48)63(53)40-30-33-57-50(37-40)46-21-10-13-27-55(46)65-57/h1-37H. The summed E-state index contributed by atoms with van der Waals surface area (Å²) in [5.74, 6) is 0. The Morgan fingerprint density at radius 3 is 1.52 bits per heavy atom. The van der Waals surface area contributed by atoms with Gasteiger partial charge in [-0.2, -0.15) is 5.26 Å². The van der Waals surface area contributed by atoms with Gasteiger partial charge in [0.2, 0.25) is 0 Å². The molecule has 0 aliphatic rings. The predicted molar refractivity (Wildman–Crippen MR) is 286 cm³/mol. The van der Waals surface area contributed by atoms with Crippen molar-refractivity contribution in [3.8, 4) is 17.4 Å². The predicted octanol–water partition coefficient (Wildman–Crippen LogP) is 17.8. The third kappa shape index (κ3) is 5.51. The maximum absolute atomic E-state index is 11.1. The van der Waals surface area contributed by atoms with E-state index in [0.29, 0.717) is 5.56 Å². The zero-order valence-electron chi connectivity index (χ0n) is 35.9. The van der Waals surface area contributed by atoms with Crippen molar-refractivity contribution in [1.29, 1.82) is 5.26 Å². The smallest absolute Gasteiger partial charge is 0.0992 e. The van der Waals surface area contributed by atoms with Gasteiger partial charge in [0.1, 0.15) is 0 Å². The molecule has 0 atom stereocenters. The Morgan fingerprint density at radius 1 is 0.358 bits per heavy atom. The summed E-state index contributed by atoms with van der Waals surface area (Å²) in [6.45, 7) is 0. The summed E-state index contributed by atoms with van der Waals surface area (Å²) in [6.07, 6.45) is 0. The van der Waals surface area contributed by atoms with Gasteiger partial charge in [-0.3, -0.25) is 0 Å². The van der Waals surface area contributed by atoms with Crippen LogP contribution in [0.3, 0.4) is 0 Å². The number of thiophene rings is 2. The van der Waals surface area contributed by atoms with Crippen LogP contribution in [0, 0.1) is 11.3 Å². The minimum absolute atomic E-state index is 0.625. The molecule has 4 heterocycles. The van der Waals surface area contributed by atoms with Gasteiger partial charge in [-0.05, 0) is 103 Å². The zero-order chi connectivity index (χ0) is 44.2. The summed E-state index contributed by atoms with van der Waals surface area (Å²) in [4.78, 5) is 4.83. The number of para-hydroxylation sites is 2. The van der Waals surface area contributed by atoms with Gasteiger partial charge >= 0.3 is 0 Å². The molecule has 4 aromatic heterocycles. The van der Waals surface area contributed by atoms with Gasteiger partial charge in [-0.25, -0.2) is 0 Å². The van der Waals surface area contributed by atoms with Crippen LogP contribution < -0.4 is 0 Å². The lowest BCUT2D eigenvalue weighted by atomic mass is 10.1. The van der Waals surface area contributed by atoms with Crippen molar-refractivity contribution >= 4 is 117 Å². The van der Waals surface area contributed by atoms with E-state index in [1.54, 1.807) is 0 Å². The second-order valence-corrected chi connectivity index (χ2v) is 22.3. The van der Waals surface area contributed by atoms with E-state index in [2.05, 4.69) is 240 Å². The van der Waals surface area contributed by atoms with E-state index in [0.717, 1.165) is 32.8 Å². The van der Waals surface area contributed by atoms with Gasteiger partial charge in [-0.15, -0.1) is 32.7 Å². The van der Waals surface area contributed by atoms with Gasteiger partial charge in [0.05, 0.1) is 33.7 Å². The third-order valence-corrected chi connectivity index (χ3v) is 20.0. The van der Waals surface area contributed by atoms with Gasteiger partial charge in [0.15, 0.2) is 0 Å². The molecule has 0 unspecified atom stereocenters. The number of rotatable bonds is 6. The minimum atomic E-state index is -2.21. The van der Waals surface area contributed by atoms with Crippen LogP contribution in [-0.4, -0.2) is 9.13 Å². The quantitative estimate of drug-likeness (QED) is 0.164. The summed E-state index contributed by atoms with van der Waals surface area (Å²) < 4.78 is 9.99. The topological polar surface area (TPSA) is 33.6 Å². The number of fused-ring (bicyclic) bond motifs is 13. The molecule has 67 heavy (non-hydrogen) atoms. The molecule has 0 saturated carbocycles. The molecule has 0 aliphatic carbocycles. The molecule has 10 aromatic carbocycles. The van der Waals surface area contributed by atoms with Crippen LogP contribution in [0.4, 0.5) is 0 Å². The van der Waals surface area contributed by atoms with Crippen molar-refractivity contribution < 1.29 is 0 Å². The van der Waals surface area contributed by atoms with Crippen molar-refractivity contribution in [2.75, 3.05) is 0 Å². The Labute approximate surface area is 395 Å². The normalized spacial score (nSPS) is 12.4. The molecular formula is C61H37N3S3. The Morgan fingerprint density at radius 2 is 0.881 bits per heavy atom. The number of benzene rings is 10. The molecule has 0 amide bonds. The Balaban J connectivity index is 1.08. The molecule has 0 saturated heterocycles. The molecule has 0 aliphatic heterocycles. The van der Waals surface area contributed by atoms with Gasteiger partial charge in [0, 0.05) is 92.8 Å². The molecular weight excluding hydrogens is 871 g/mol. The van der Waals surface area contributed by atoms with E-state index < -0.39 is 10.0 Å². The zero-order valence-corrected chi connectivity index (χ0v) is 38.4. The Bertz CT molecular complexity index is 4320. The summed E-state index contributed by atoms with van der Waals surface area (Å²) in [6, 6.07) is 84.8. The summed E-state index contributed by atoms with van der Waals surface area (Å²) in [5.41, 5.74) is 7.26. The number of nitriles is 1. The van der Waals surface area contributed by atoms with Crippen molar-refractivity contribution in [3.63, 3.8) is 0 Å². The maximum Gasteiger partial charge on any atom is 0.0992 e. The molecule has 0 fully saturated rings. The fourth-order valence-corrected chi connectivity index (χ4v) is 17.6. The number of nitrogens with zero attached hydrogens (tertiary/aromatic N) is 3. The maximum atomic E-state index is 11.1. The highest BCUT2D eigenvalue weighted by molar-refractivity contribution is 8.34. The lowest BCUT2D eigenvalue weighted by Gasteiger charge is -2.42. The molecule has 3 nitrogen and oxygen atoms in total. The van der Waals surface area contributed by atoms with Crippen LogP contribution in [0.2, 0.25) is 0 Å². The highest BCUT2D eigenvalue weighted by Gasteiger charge is 2.36. The van der Waals surface area contributed by atoms with Gasteiger partial charge in [0.25, 0.3) is 0 Å². The minimum Gasteiger partial charge on any atom is -0.309 e. The first-order valence-electron chi connectivity index (χ1n) is 22.5. The first-order valence-corrected chi connectivity index (χ1v) is 25.7. The lowest BCUT2D eigenvalue weighted by Crippen LogP contribution is -2.07. The van der Waals surface area contributed by atoms with E-state index >= 15 is 0 Å². The van der Waals surface area contributed by atoms with Crippen molar-refractivity contribution in [1.82, 2.24) is 9.13 Å². The van der Waals surface area contributed by atoms with Crippen molar-refractivity contribution in [2.24, 2.45) is 0 Å². The van der Waals surface area contributed by atoms with E-state index in [4.69, 9.17) is 0 Å². The number of hydrogen-bond donors (Lipinski definition) is 0. The van der Waals surface area contributed by atoms with E-state index in [-0.39, 0.29) is 0 Å². The molecule has 6 heteroatoms. The second-order valence-electron chi connectivity index (χ2n) is 17.1. The monoisotopic (exact) mass is 907 g/mol. The average molecular weight is 908 g/mol. The summed E-state index contributed by atoms with van der Waals surface area (Å²) in [7, 11) is -2.21. The molecule has 14 aromatic rings. The largest absolute Gasteiger partial charge is 0.309 e. The lowest BCUT2D eigenvalue weighted by molar-refractivity contribution is 1.14. The van der Waals surface area contributed by atoms with Crippen LogP contribution in [0.5, 0.6) is 0 Å². The van der Waals surface area contributed by atoms with E-state index in [9.17, 15) is 5.26 Å². The van der Waals surface area contributed by atoms with Crippen LogP contribution in [-0.2, 0) is 0 Å². The number of aromatic nitrogens is 2. The molecule has 0 spiro atoms. The summed E-state index contributed by atoms with van der Waals surface area (Å²) >= 11 is 3.72. The first-order chi connectivity index (χ1) is 33.2. The third-order valence-electron chi connectivity index (χ3n) is 13.6. The van der Waals surface area contributed by atoms with Crippen LogP contribution in [0.15, 0.2) is 244 Å².